The highest BCUT2D eigenvalue weighted by atomic mass is 28.1. The number of hydrogen-bond acceptors (Lipinski definition) is 2. The van der Waals surface area contributed by atoms with Gasteiger partial charge in [0, 0.05) is 0 Å². The third kappa shape index (κ3) is 147. The Hall–Kier alpha value is 0.137. The fourth-order valence-corrected chi connectivity index (χ4v) is 0. The van der Waals surface area contributed by atoms with Gasteiger partial charge in [-0.2, -0.15) is 0 Å². The molecular weight excluding hydrogens is 72.1 g/mol. The van der Waals surface area contributed by atoms with Crippen molar-refractivity contribution in [3.05, 3.63) is 0 Å². The summed E-state index contributed by atoms with van der Waals surface area (Å²) in [4.78, 5) is 0. The second-order valence-electron chi connectivity index (χ2n) is 0.141. The molecule has 0 radical (unpaired) electrons. The predicted octanol–water partition coefficient (Wildman–Crippen LogP) is -2.52. The predicted molar refractivity (Wildman–Crippen MR) is 20.6 cm³/mol. The Morgan fingerprint density at radius 2 is 1.25 bits per heavy atom. The van der Waals surface area contributed by atoms with Gasteiger partial charge in [-0.25, -0.2) is 0 Å². The van der Waals surface area contributed by atoms with E-state index in [0.29, 0.717) is 0 Å². The van der Waals surface area contributed by atoms with E-state index in [-0.39, 0.29) is 11.0 Å². The van der Waals surface area contributed by atoms with Crippen LogP contribution in [0, 0.1) is 0 Å². The van der Waals surface area contributed by atoms with Gasteiger partial charge in [-0.1, -0.05) is 0 Å². The highest BCUT2D eigenvalue weighted by Crippen LogP contribution is 1.17. The van der Waals surface area contributed by atoms with Crippen molar-refractivity contribution < 1.29 is 10.2 Å². The molecule has 0 amide bonds. The molecule has 0 bridgehead atoms. The molecule has 0 heterocycles. The van der Waals surface area contributed by atoms with E-state index in [4.69, 9.17) is 10.2 Å². The zero-order valence-corrected chi connectivity index (χ0v) is 1.60. The number of aliphatic hydroxyl groups is 2. The van der Waals surface area contributed by atoms with Crippen molar-refractivity contribution in [1.82, 2.24) is 0 Å². The molecular formula is CH8O2Si. The van der Waals surface area contributed by atoms with E-state index in [9.17, 15) is 0 Å². The third-order valence-electron chi connectivity index (χ3n) is 0. The van der Waals surface area contributed by atoms with E-state index in [1.165, 1.54) is 0 Å². The maximum absolute atomic E-state index is 7.12. The minimum Gasteiger partial charge on any atom is -0.371 e. The summed E-state index contributed by atoms with van der Waals surface area (Å²) in [5.41, 5.74) is 0. The molecule has 0 saturated heterocycles. The number of rotatable bonds is 0. The van der Waals surface area contributed by atoms with Crippen LogP contribution in [0.2, 0.25) is 0 Å². The molecule has 0 aliphatic rings. The standard InChI is InChI=1S/CH4O2.H4Si/c2-1-3;/h2-3H,1H2;1H4. The van der Waals surface area contributed by atoms with Crippen molar-refractivity contribution in [1.29, 1.82) is 0 Å². The lowest BCUT2D eigenvalue weighted by Gasteiger charge is -1.55. The average molecular weight is 80.2 g/mol. The van der Waals surface area contributed by atoms with Crippen molar-refractivity contribution in [3.8, 4) is 0 Å². The summed E-state index contributed by atoms with van der Waals surface area (Å²) < 4.78 is 0. The first kappa shape index (κ1) is 8.91. The van der Waals surface area contributed by atoms with E-state index >= 15 is 0 Å². The van der Waals surface area contributed by atoms with Crippen molar-refractivity contribution in [3.63, 3.8) is 0 Å². The van der Waals surface area contributed by atoms with Crippen molar-refractivity contribution >= 4 is 11.0 Å². The number of hydrogen-bond donors (Lipinski definition) is 2. The maximum Gasteiger partial charge on any atom is 0.140 e. The van der Waals surface area contributed by atoms with E-state index < -0.39 is 6.79 Å². The van der Waals surface area contributed by atoms with Crippen LogP contribution in [0.15, 0.2) is 0 Å². The lowest BCUT2D eigenvalue weighted by molar-refractivity contribution is 0.0773. The molecule has 0 unspecified atom stereocenters. The molecule has 0 spiro atoms. The van der Waals surface area contributed by atoms with Gasteiger partial charge < -0.3 is 10.2 Å². The summed E-state index contributed by atoms with van der Waals surface area (Å²) in [5, 5.41) is 14.2. The highest BCUT2D eigenvalue weighted by molar-refractivity contribution is 5.75. The first-order valence-electron chi connectivity index (χ1n) is 0.632. The van der Waals surface area contributed by atoms with E-state index in [1.807, 2.05) is 0 Å². The minimum absolute atomic E-state index is 0. The molecule has 0 aliphatic heterocycles. The maximum atomic E-state index is 7.12. The molecule has 0 aromatic heterocycles. The van der Waals surface area contributed by atoms with Gasteiger partial charge in [-0.3, -0.25) is 0 Å². The van der Waals surface area contributed by atoms with Crippen LogP contribution in [0.5, 0.6) is 0 Å². The Bertz CT molecular complexity index is 6.00. The van der Waals surface area contributed by atoms with Crippen molar-refractivity contribution in [2.45, 2.75) is 0 Å². The van der Waals surface area contributed by atoms with Gasteiger partial charge in [0.2, 0.25) is 0 Å². The van der Waals surface area contributed by atoms with Gasteiger partial charge in [-0.05, 0) is 11.0 Å². The number of aliphatic hydroxyl groups excluding tert-OH is 1. The first-order valence-corrected chi connectivity index (χ1v) is 0.632. The molecule has 0 aromatic rings. The van der Waals surface area contributed by atoms with Crippen LogP contribution in [0.25, 0.3) is 0 Å². The van der Waals surface area contributed by atoms with Gasteiger partial charge in [0.1, 0.15) is 6.79 Å². The van der Waals surface area contributed by atoms with E-state index in [1.54, 1.807) is 0 Å². The zero-order chi connectivity index (χ0) is 2.71. The van der Waals surface area contributed by atoms with Gasteiger partial charge in [0.05, 0.1) is 0 Å². The fraction of sp³-hybridized carbons (Fsp3) is 1.00. The zero-order valence-electron chi connectivity index (χ0n) is 1.60. The van der Waals surface area contributed by atoms with Crippen molar-refractivity contribution in [2.75, 3.05) is 6.79 Å². The summed E-state index contributed by atoms with van der Waals surface area (Å²) in [6.45, 7) is -0.750. The third-order valence-corrected chi connectivity index (χ3v) is 0. The Balaban J connectivity index is 0. The highest BCUT2D eigenvalue weighted by Gasteiger charge is 1.32. The quantitative estimate of drug-likeness (QED) is 0.249. The van der Waals surface area contributed by atoms with Crippen molar-refractivity contribution in [2.24, 2.45) is 0 Å². The second kappa shape index (κ2) is 11.1. The molecule has 3 heteroatoms. The fourth-order valence-electron chi connectivity index (χ4n) is 0. The topological polar surface area (TPSA) is 40.5 Å². The molecule has 2 N–H and O–H groups in total. The summed E-state index contributed by atoms with van der Waals surface area (Å²) >= 11 is 0. The SMILES string of the molecule is OCO.[SiH4]. The van der Waals surface area contributed by atoms with Gasteiger partial charge in [0.15, 0.2) is 0 Å². The van der Waals surface area contributed by atoms with E-state index in [0.717, 1.165) is 0 Å². The second-order valence-corrected chi connectivity index (χ2v) is 0.141. The van der Waals surface area contributed by atoms with Gasteiger partial charge in [-0.15, -0.1) is 0 Å². The van der Waals surface area contributed by atoms with Crippen LogP contribution < -0.4 is 0 Å². The molecule has 4 heavy (non-hydrogen) atoms. The molecule has 0 atom stereocenters. The Morgan fingerprint density at radius 3 is 1.25 bits per heavy atom. The lowest BCUT2D eigenvalue weighted by Crippen LogP contribution is -1.66. The molecule has 28 valence electrons. The largest absolute Gasteiger partial charge is 0.371 e. The Kier molecular flexibility index (Phi) is 24.7. The Morgan fingerprint density at radius 1 is 1.25 bits per heavy atom. The minimum atomic E-state index is -0.750. The summed E-state index contributed by atoms with van der Waals surface area (Å²) in [6.07, 6.45) is 0. The summed E-state index contributed by atoms with van der Waals surface area (Å²) in [5.74, 6) is 0. The van der Waals surface area contributed by atoms with E-state index in [2.05, 4.69) is 0 Å². The molecule has 0 aliphatic carbocycles. The smallest absolute Gasteiger partial charge is 0.140 e. The molecule has 0 rings (SSSR count). The average Bonchev–Trinajstić information content (AvgIpc) is 0.918. The lowest BCUT2D eigenvalue weighted by atomic mass is 11.6. The molecule has 2 nitrogen and oxygen atoms in total. The summed E-state index contributed by atoms with van der Waals surface area (Å²) in [7, 11) is 0. The van der Waals surface area contributed by atoms with Crippen LogP contribution in [0.1, 0.15) is 0 Å². The van der Waals surface area contributed by atoms with Crippen LogP contribution in [-0.4, -0.2) is 28.0 Å². The normalized spacial score (nSPS) is 4.50. The van der Waals surface area contributed by atoms with Crippen LogP contribution in [-0.2, 0) is 0 Å². The first-order chi connectivity index (χ1) is 1.41. The van der Waals surface area contributed by atoms with Crippen LogP contribution in [0.4, 0.5) is 0 Å². The van der Waals surface area contributed by atoms with Gasteiger partial charge >= 0.3 is 0 Å². The van der Waals surface area contributed by atoms with Crippen LogP contribution in [0.3, 0.4) is 0 Å². The summed E-state index contributed by atoms with van der Waals surface area (Å²) in [6, 6.07) is 0. The Labute approximate surface area is 29.1 Å². The van der Waals surface area contributed by atoms with Gasteiger partial charge in [0.25, 0.3) is 0 Å². The molecule has 0 saturated carbocycles. The molecule has 0 fully saturated rings. The monoisotopic (exact) mass is 80.0 g/mol. The molecule has 0 aromatic carbocycles. The van der Waals surface area contributed by atoms with Crippen LogP contribution >= 0.6 is 0 Å².